The molecule has 3 nitrogen and oxygen atoms in total. The molecule has 0 radical (unpaired) electrons. The lowest BCUT2D eigenvalue weighted by Gasteiger charge is -2.22. The van der Waals surface area contributed by atoms with Gasteiger partial charge in [-0.2, -0.15) is 5.26 Å². The first kappa shape index (κ1) is 11.6. The fraction of sp³-hybridized carbons (Fsp3) is 0.667. The number of aromatic nitrogens is 1. The maximum absolute atomic E-state index is 8.55. The highest BCUT2D eigenvalue weighted by Gasteiger charge is 2.22. The Morgan fingerprint density at radius 2 is 2.50 bits per heavy atom. The summed E-state index contributed by atoms with van der Waals surface area (Å²) < 4.78 is 0. The van der Waals surface area contributed by atoms with E-state index in [0.717, 1.165) is 12.5 Å². The van der Waals surface area contributed by atoms with Gasteiger partial charge in [0, 0.05) is 29.6 Å². The summed E-state index contributed by atoms with van der Waals surface area (Å²) in [6.07, 6.45) is 6.52. The number of thiazole rings is 1. The van der Waals surface area contributed by atoms with E-state index < -0.39 is 0 Å². The summed E-state index contributed by atoms with van der Waals surface area (Å²) >= 11 is 1.82. The van der Waals surface area contributed by atoms with Crippen LogP contribution in [0.2, 0.25) is 0 Å². The summed E-state index contributed by atoms with van der Waals surface area (Å²) in [7, 11) is 0. The summed E-state index contributed by atoms with van der Waals surface area (Å²) in [5.41, 5.74) is 0. The molecule has 16 heavy (non-hydrogen) atoms. The second-order valence-electron chi connectivity index (χ2n) is 4.44. The number of hydrogen-bond donors (Lipinski definition) is 1. The summed E-state index contributed by atoms with van der Waals surface area (Å²) in [6, 6.07) is 2.43. The number of nitrogens with one attached hydrogen (secondary N) is 1. The molecule has 0 aliphatic heterocycles. The highest BCUT2D eigenvalue weighted by molar-refractivity contribution is 7.11. The highest BCUT2D eigenvalue weighted by atomic mass is 32.1. The third-order valence-electron chi connectivity index (χ3n) is 3.05. The molecular formula is C12H17N3S. The van der Waals surface area contributed by atoms with Crippen LogP contribution in [-0.2, 0) is 6.54 Å². The Balaban J connectivity index is 1.81. The first-order chi connectivity index (χ1) is 7.79. The largest absolute Gasteiger partial charge is 0.308 e. The van der Waals surface area contributed by atoms with Gasteiger partial charge in [-0.05, 0) is 19.8 Å². The molecule has 0 saturated heterocycles. The van der Waals surface area contributed by atoms with Crippen molar-refractivity contribution in [3.8, 4) is 6.07 Å². The SMILES string of the molecule is CC(CC#N)NCc1cnc(C2CCC2)s1. The fourth-order valence-electron chi connectivity index (χ4n) is 1.73. The van der Waals surface area contributed by atoms with Crippen LogP contribution in [0.3, 0.4) is 0 Å². The highest BCUT2D eigenvalue weighted by Crippen LogP contribution is 2.38. The Bertz CT molecular complexity index is 376. The molecule has 1 aromatic heterocycles. The lowest BCUT2D eigenvalue weighted by atomic mass is 9.86. The van der Waals surface area contributed by atoms with E-state index >= 15 is 0 Å². The summed E-state index contributed by atoms with van der Waals surface area (Å²) in [5, 5.41) is 13.2. The van der Waals surface area contributed by atoms with Crippen LogP contribution in [0.5, 0.6) is 0 Å². The van der Waals surface area contributed by atoms with Crippen molar-refractivity contribution in [3.05, 3.63) is 16.1 Å². The normalized spacial score (nSPS) is 17.8. The maximum Gasteiger partial charge on any atom is 0.0959 e. The first-order valence-electron chi connectivity index (χ1n) is 5.84. The van der Waals surface area contributed by atoms with Crippen LogP contribution in [0.25, 0.3) is 0 Å². The van der Waals surface area contributed by atoms with E-state index in [-0.39, 0.29) is 6.04 Å². The Labute approximate surface area is 101 Å². The Hall–Kier alpha value is -0.920. The van der Waals surface area contributed by atoms with Crippen molar-refractivity contribution < 1.29 is 0 Å². The average Bonchev–Trinajstić information content (AvgIpc) is 2.61. The minimum absolute atomic E-state index is 0.263. The Kier molecular flexibility index (Phi) is 3.92. The molecule has 2 rings (SSSR count). The van der Waals surface area contributed by atoms with Gasteiger partial charge in [-0.3, -0.25) is 0 Å². The third kappa shape index (κ3) is 2.81. The van der Waals surface area contributed by atoms with Gasteiger partial charge in [-0.1, -0.05) is 6.42 Å². The molecular weight excluding hydrogens is 218 g/mol. The van der Waals surface area contributed by atoms with Crippen molar-refractivity contribution in [1.29, 1.82) is 5.26 Å². The van der Waals surface area contributed by atoms with Crippen molar-refractivity contribution in [3.63, 3.8) is 0 Å². The van der Waals surface area contributed by atoms with Gasteiger partial charge in [-0.15, -0.1) is 11.3 Å². The predicted octanol–water partition coefficient (Wildman–Crippen LogP) is 2.80. The van der Waals surface area contributed by atoms with Gasteiger partial charge in [0.15, 0.2) is 0 Å². The van der Waals surface area contributed by atoms with E-state index in [0.29, 0.717) is 6.42 Å². The molecule has 0 aromatic carbocycles. The van der Waals surface area contributed by atoms with E-state index in [1.54, 1.807) is 0 Å². The van der Waals surface area contributed by atoms with Crippen molar-refractivity contribution in [2.75, 3.05) is 0 Å². The van der Waals surface area contributed by atoms with Crippen LogP contribution in [0.4, 0.5) is 0 Å². The third-order valence-corrected chi connectivity index (χ3v) is 4.21. The number of rotatable bonds is 5. The van der Waals surface area contributed by atoms with Crippen molar-refractivity contribution in [2.24, 2.45) is 0 Å². The summed E-state index contributed by atoms with van der Waals surface area (Å²) in [4.78, 5) is 5.76. The zero-order valence-corrected chi connectivity index (χ0v) is 10.4. The van der Waals surface area contributed by atoms with Crippen molar-refractivity contribution >= 4 is 11.3 Å². The molecule has 1 atom stereocenters. The summed E-state index contributed by atoms with van der Waals surface area (Å²) in [6.45, 7) is 2.88. The smallest absolute Gasteiger partial charge is 0.0959 e. The maximum atomic E-state index is 8.55. The number of nitrogens with zero attached hydrogens (tertiary/aromatic N) is 2. The quantitative estimate of drug-likeness (QED) is 0.853. The molecule has 0 spiro atoms. The second-order valence-corrected chi connectivity index (χ2v) is 5.58. The summed E-state index contributed by atoms with van der Waals surface area (Å²) in [5.74, 6) is 0.732. The Morgan fingerprint density at radius 3 is 3.12 bits per heavy atom. The lowest BCUT2D eigenvalue weighted by molar-refractivity contribution is 0.418. The van der Waals surface area contributed by atoms with Crippen molar-refractivity contribution in [2.45, 2.75) is 51.1 Å². The standard InChI is InChI=1S/C12H17N3S/c1-9(5-6-13)14-7-11-8-15-12(16-11)10-3-2-4-10/h8-10,14H,2-5,7H2,1H3. The van der Waals surface area contributed by atoms with Crippen LogP contribution in [0.1, 0.15) is 48.4 Å². The topological polar surface area (TPSA) is 48.7 Å². The second kappa shape index (κ2) is 5.42. The van der Waals surface area contributed by atoms with Crippen LogP contribution < -0.4 is 5.32 Å². The van der Waals surface area contributed by atoms with Gasteiger partial charge in [0.1, 0.15) is 0 Å². The van der Waals surface area contributed by atoms with E-state index in [9.17, 15) is 0 Å². The molecule has 1 aliphatic carbocycles. The zero-order chi connectivity index (χ0) is 11.4. The molecule has 1 aliphatic rings. The molecule has 1 N–H and O–H groups in total. The molecule has 1 fully saturated rings. The van der Waals surface area contributed by atoms with Crippen LogP contribution in [0, 0.1) is 11.3 Å². The molecule has 1 aromatic rings. The van der Waals surface area contributed by atoms with Crippen LogP contribution in [0.15, 0.2) is 6.20 Å². The molecule has 4 heteroatoms. The van der Waals surface area contributed by atoms with E-state index in [1.807, 2.05) is 24.5 Å². The molecule has 1 unspecified atom stereocenters. The van der Waals surface area contributed by atoms with Crippen LogP contribution >= 0.6 is 11.3 Å². The molecule has 1 heterocycles. The fourth-order valence-corrected chi connectivity index (χ4v) is 2.77. The number of hydrogen-bond acceptors (Lipinski definition) is 4. The minimum atomic E-state index is 0.263. The average molecular weight is 235 g/mol. The van der Waals surface area contributed by atoms with E-state index in [2.05, 4.69) is 16.4 Å². The van der Waals surface area contributed by atoms with Gasteiger partial charge in [-0.25, -0.2) is 4.98 Å². The van der Waals surface area contributed by atoms with Gasteiger partial charge in [0.25, 0.3) is 0 Å². The van der Waals surface area contributed by atoms with E-state index in [4.69, 9.17) is 5.26 Å². The van der Waals surface area contributed by atoms with Gasteiger partial charge in [0.2, 0.25) is 0 Å². The van der Waals surface area contributed by atoms with Crippen LogP contribution in [-0.4, -0.2) is 11.0 Å². The minimum Gasteiger partial charge on any atom is -0.308 e. The lowest BCUT2D eigenvalue weighted by Crippen LogP contribution is -2.24. The van der Waals surface area contributed by atoms with Gasteiger partial charge in [0.05, 0.1) is 17.5 Å². The first-order valence-corrected chi connectivity index (χ1v) is 6.66. The monoisotopic (exact) mass is 235 g/mol. The predicted molar refractivity (Wildman–Crippen MR) is 65.2 cm³/mol. The van der Waals surface area contributed by atoms with E-state index in [1.165, 1.54) is 29.1 Å². The molecule has 1 saturated carbocycles. The number of nitriles is 1. The van der Waals surface area contributed by atoms with Crippen molar-refractivity contribution in [1.82, 2.24) is 10.3 Å². The molecule has 0 amide bonds. The van der Waals surface area contributed by atoms with Gasteiger partial charge < -0.3 is 5.32 Å². The molecule has 0 bridgehead atoms. The Morgan fingerprint density at radius 1 is 1.69 bits per heavy atom. The zero-order valence-electron chi connectivity index (χ0n) is 9.57. The van der Waals surface area contributed by atoms with Gasteiger partial charge >= 0.3 is 0 Å². The molecule has 86 valence electrons.